The van der Waals surface area contributed by atoms with Gasteiger partial charge < -0.3 is 0 Å². The largest absolute Gasteiger partial charge is 0.281 e. The molecule has 0 spiro atoms. The summed E-state index contributed by atoms with van der Waals surface area (Å²) >= 11 is 0. The fraction of sp³-hybridized carbons (Fsp3) is 0.417. The number of alkyl halides is 1. The zero-order valence-electron chi connectivity index (χ0n) is 10.8. The van der Waals surface area contributed by atoms with E-state index in [1.54, 1.807) is 25.1 Å². The van der Waals surface area contributed by atoms with E-state index in [1.807, 2.05) is 6.92 Å². The van der Waals surface area contributed by atoms with E-state index in [4.69, 9.17) is 0 Å². The number of H-pyrrole nitrogens is 1. The van der Waals surface area contributed by atoms with Crippen molar-refractivity contribution in [1.29, 1.82) is 0 Å². The quantitative estimate of drug-likeness (QED) is 0.887. The summed E-state index contributed by atoms with van der Waals surface area (Å²) in [6.45, 7) is 3.55. The van der Waals surface area contributed by atoms with Crippen LogP contribution in [0.3, 0.4) is 0 Å². The molecule has 0 amide bonds. The third kappa shape index (κ3) is 2.86. The molecule has 0 radical (unpaired) electrons. The number of halogens is 1. The minimum atomic E-state index is -3.99. The molecule has 0 bridgehead atoms. The molecule has 1 unspecified atom stereocenters. The van der Waals surface area contributed by atoms with Crippen LogP contribution in [0.15, 0.2) is 18.2 Å². The number of rotatable bonds is 5. The molecule has 1 atom stereocenters. The van der Waals surface area contributed by atoms with Gasteiger partial charge in [-0.25, -0.2) is 12.8 Å². The minimum Gasteiger partial charge on any atom is -0.281 e. The number of hydrogen-bond donors (Lipinski definition) is 2. The standard InChI is InChI=1S/C12H16FN3O2S/c1-3-4-12(13)19(17,18)16-9-5-6-11-10(7-9)8(2)14-15-11/h5-7,12,16H,3-4H2,1-2H3,(H,14,15). The summed E-state index contributed by atoms with van der Waals surface area (Å²) in [4.78, 5) is 0. The van der Waals surface area contributed by atoms with Gasteiger partial charge in [-0.3, -0.25) is 9.82 Å². The molecular formula is C12H16FN3O2S. The fourth-order valence-electron chi connectivity index (χ4n) is 1.82. The van der Waals surface area contributed by atoms with Crippen LogP contribution < -0.4 is 4.72 Å². The average molecular weight is 285 g/mol. The molecule has 5 nitrogen and oxygen atoms in total. The first-order chi connectivity index (χ1) is 8.94. The molecule has 19 heavy (non-hydrogen) atoms. The van der Waals surface area contributed by atoms with Gasteiger partial charge in [-0.05, 0) is 31.5 Å². The molecular weight excluding hydrogens is 269 g/mol. The SMILES string of the molecule is CCCC(F)S(=O)(=O)Nc1ccc2[nH]nc(C)c2c1. The summed E-state index contributed by atoms with van der Waals surface area (Å²) in [5.41, 5.74) is 0.0293. The smallest absolute Gasteiger partial charge is 0.265 e. The topological polar surface area (TPSA) is 74.8 Å². The van der Waals surface area contributed by atoms with Crippen LogP contribution in [0.5, 0.6) is 0 Å². The van der Waals surface area contributed by atoms with Crippen LogP contribution in [-0.4, -0.2) is 24.1 Å². The first-order valence-electron chi connectivity index (χ1n) is 6.04. The van der Waals surface area contributed by atoms with Crippen molar-refractivity contribution in [2.45, 2.75) is 32.2 Å². The van der Waals surface area contributed by atoms with E-state index in [-0.39, 0.29) is 6.42 Å². The van der Waals surface area contributed by atoms with Crippen molar-refractivity contribution in [1.82, 2.24) is 10.2 Å². The third-order valence-electron chi connectivity index (χ3n) is 2.87. The Morgan fingerprint density at radius 3 is 2.89 bits per heavy atom. The molecule has 0 fully saturated rings. The second kappa shape index (κ2) is 5.16. The first kappa shape index (κ1) is 13.8. The lowest BCUT2D eigenvalue weighted by molar-refractivity contribution is 0.398. The van der Waals surface area contributed by atoms with Crippen molar-refractivity contribution in [2.75, 3.05) is 4.72 Å². The van der Waals surface area contributed by atoms with Crippen molar-refractivity contribution < 1.29 is 12.8 Å². The lowest BCUT2D eigenvalue weighted by Crippen LogP contribution is -2.24. The number of anilines is 1. The highest BCUT2D eigenvalue weighted by molar-refractivity contribution is 7.93. The van der Waals surface area contributed by atoms with Crippen LogP contribution in [0.4, 0.5) is 10.1 Å². The zero-order chi connectivity index (χ0) is 14.0. The Morgan fingerprint density at radius 1 is 1.47 bits per heavy atom. The Bertz CT molecular complexity index is 681. The molecule has 0 saturated heterocycles. The van der Waals surface area contributed by atoms with Gasteiger partial charge in [-0.1, -0.05) is 13.3 Å². The molecule has 1 aromatic heterocycles. The Balaban J connectivity index is 2.28. The number of sulfonamides is 1. The predicted molar refractivity (Wildman–Crippen MR) is 73.2 cm³/mol. The number of aromatic nitrogens is 2. The number of fused-ring (bicyclic) bond motifs is 1. The maximum atomic E-state index is 13.5. The van der Waals surface area contributed by atoms with Gasteiger partial charge in [0, 0.05) is 11.1 Å². The van der Waals surface area contributed by atoms with E-state index < -0.39 is 15.5 Å². The summed E-state index contributed by atoms with van der Waals surface area (Å²) in [5, 5.41) is 7.65. The van der Waals surface area contributed by atoms with Crippen LogP contribution in [0.2, 0.25) is 0 Å². The van der Waals surface area contributed by atoms with E-state index >= 15 is 0 Å². The van der Waals surface area contributed by atoms with Crippen molar-refractivity contribution >= 4 is 26.6 Å². The Morgan fingerprint density at radius 2 is 2.21 bits per heavy atom. The molecule has 0 aliphatic rings. The molecule has 2 aromatic rings. The van der Waals surface area contributed by atoms with Gasteiger partial charge >= 0.3 is 0 Å². The molecule has 0 aliphatic heterocycles. The molecule has 0 saturated carbocycles. The van der Waals surface area contributed by atoms with Crippen molar-refractivity contribution in [2.24, 2.45) is 0 Å². The Kier molecular flexibility index (Phi) is 3.75. The highest BCUT2D eigenvalue weighted by Crippen LogP contribution is 2.22. The molecule has 2 N–H and O–H groups in total. The highest BCUT2D eigenvalue weighted by Gasteiger charge is 2.23. The van der Waals surface area contributed by atoms with E-state index in [0.717, 1.165) is 16.6 Å². The van der Waals surface area contributed by atoms with Crippen molar-refractivity contribution in [3.05, 3.63) is 23.9 Å². The molecule has 0 aliphatic carbocycles. The van der Waals surface area contributed by atoms with Crippen LogP contribution in [0.1, 0.15) is 25.5 Å². The summed E-state index contributed by atoms with van der Waals surface area (Å²) < 4.78 is 39.3. The third-order valence-corrected chi connectivity index (χ3v) is 4.30. The number of nitrogens with one attached hydrogen (secondary N) is 2. The molecule has 1 aromatic carbocycles. The Hall–Kier alpha value is -1.63. The van der Waals surface area contributed by atoms with Gasteiger partial charge in [-0.2, -0.15) is 5.10 Å². The van der Waals surface area contributed by atoms with Crippen molar-refractivity contribution in [3.8, 4) is 0 Å². The van der Waals surface area contributed by atoms with Crippen LogP contribution >= 0.6 is 0 Å². The number of aryl methyl sites for hydroxylation is 1. The lowest BCUT2D eigenvalue weighted by atomic mass is 10.2. The van der Waals surface area contributed by atoms with Gasteiger partial charge in [0.2, 0.25) is 5.50 Å². The summed E-state index contributed by atoms with van der Waals surface area (Å²) in [6, 6.07) is 4.93. The zero-order valence-corrected chi connectivity index (χ0v) is 11.6. The van der Waals surface area contributed by atoms with E-state index in [2.05, 4.69) is 14.9 Å². The fourth-order valence-corrected chi connectivity index (χ4v) is 2.95. The summed E-state index contributed by atoms with van der Waals surface area (Å²) in [7, 11) is -3.99. The van der Waals surface area contributed by atoms with Gasteiger partial charge in [-0.15, -0.1) is 0 Å². The number of benzene rings is 1. The molecule has 104 valence electrons. The second-order valence-corrected chi connectivity index (χ2v) is 6.22. The monoisotopic (exact) mass is 285 g/mol. The predicted octanol–water partition coefficient (Wildman–Crippen LogP) is 2.71. The lowest BCUT2D eigenvalue weighted by Gasteiger charge is -2.11. The van der Waals surface area contributed by atoms with Crippen LogP contribution in [0, 0.1) is 6.92 Å². The van der Waals surface area contributed by atoms with Crippen LogP contribution in [-0.2, 0) is 10.0 Å². The molecule has 7 heteroatoms. The van der Waals surface area contributed by atoms with E-state index in [1.165, 1.54) is 0 Å². The second-order valence-electron chi connectivity index (χ2n) is 4.42. The summed E-state index contributed by atoms with van der Waals surface area (Å²) in [6.07, 6.45) is 0.463. The van der Waals surface area contributed by atoms with Gasteiger partial charge in [0.15, 0.2) is 0 Å². The molecule has 2 rings (SSSR count). The number of aromatic amines is 1. The minimum absolute atomic E-state index is 0.0116. The molecule has 1 heterocycles. The average Bonchev–Trinajstić information content (AvgIpc) is 2.71. The van der Waals surface area contributed by atoms with Gasteiger partial charge in [0.25, 0.3) is 10.0 Å². The van der Waals surface area contributed by atoms with E-state index in [9.17, 15) is 12.8 Å². The van der Waals surface area contributed by atoms with Crippen molar-refractivity contribution in [3.63, 3.8) is 0 Å². The first-order valence-corrected chi connectivity index (χ1v) is 7.59. The van der Waals surface area contributed by atoms with Gasteiger partial charge in [0.1, 0.15) is 0 Å². The number of hydrogen-bond acceptors (Lipinski definition) is 3. The maximum Gasteiger partial charge on any atom is 0.265 e. The van der Waals surface area contributed by atoms with E-state index in [0.29, 0.717) is 12.1 Å². The normalized spacial score (nSPS) is 13.6. The highest BCUT2D eigenvalue weighted by atomic mass is 32.2. The van der Waals surface area contributed by atoms with Gasteiger partial charge in [0.05, 0.1) is 11.2 Å². The number of nitrogens with zero attached hydrogens (tertiary/aromatic N) is 1. The summed E-state index contributed by atoms with van der Waals surface area (Å²) in [5.74, 6) is 0. The van der Waals surface area contributed by atoms with Crippen LogP contribution in [0.25, 0.3) is 10.9 Å². The Labute approximate surface area is 111 Å². The maximum absolute atomic E-state index is 13.5.